The van der Waals surface area contributed by atoms with Crippen molar-refractivity contribution < 1.29 is 22.6 Å². The summed E-state index contributed by atoms with van der Waals surface area (Å²) in [5.74, 6) is -0.388. The lowest BCUT2D eigenvalue weighted by atomic mass is 9.95. The third-order valence-electron chi connectivity index (χ3n) is 10.3. The summed E-state index contributed by atoms with van der Waals surface area (Å²) < 4.78 is 59.0. The molecule has 4 aromatic rings. The standard InChI is InChI=1S/C32H31F3N6O2/c33-18-12-32(10-3-11-40(32)13-18)16-43-31-38-28-25-29(39-31)41-14-19-8-9-22(36-19)23(41)15-42-30(25)37-27(26(28)35)20-6-1-4-17-5-2-7-21(34)24(17)20/h1-2,4-7,18-19,22-23,36H,3,8-16H2/t18-,19?,22?,23?,32+/m1/s1. The van der Waals surface area contributed by atoms with Crippen LogP contribution < -0.4 is 19.7 Å². The first-order valence-corrected chi connectivity index (χ1v) is 15.2. The van der Waals surface area contributed by atoms with Crippen molar-refractivity contribution in [2.24, 2.45) is 0 Å². The highest BCUT2D eigenvalue weighted by molar-refractivity contribution is 6.01. The number of ether oxygens (including phenoxy) is 2. The Labute approximate surface area is 246 Å². The van der Waals surface area contributed by atoms with Gasteiger partial charge in [0.2, 0.25) is 5.88 Å². The van der Waals surface area contributed by atoms with E-state index in [1.54, 1.807) is 30.3 Å². The minimum atomic E-state index is -0.893. The number of nitrogens with zero attached hydrogens (tertiary/aromatic N) is 5. The number of hydrogen-bond donors (Lipinski definition) is 1. The van der Waals surface area contributed by atoms with E-state index in [2.05, 4.69) is 25.1 Å². The summed E-state index contributed by atoms with van der Waals surface area (Å²) in [6, 6.07) is 10.5. The van der Waals surface area contributed by atoms with Crippen molar-refractivity contribution in [3.8, 4) is 23.1 Å². The van der Waals surface area contributed by atoms with Crippen LogP contribution in [-0.4, -0.2) is 82.5 Å². The molecule has 0 spiro atoms. The lowest BCUT2D eigenvalue weighted by Gasteiger charge is -2.40. The van der Waals surface area contributed by atoms with Crippen LogP contribution in [-0.2, 0) is 0 Å². The Morgan fingerprint density at radius 2 is 1.93 bits per heavy atom. The first-order chi connectivity index (χ1) is 21.0. The molecule has 222 valence electrons. The zero-order chi connectivity index (χ0) is 28.9. The Kier molecular flexibility index (Phi) is 5.63. The summed E-state index contributed by atoms with van der Waals surface area (Å²) in [4.78, 5) is 18.5. The minimum Gasteiger partial charge on any atom is -0.475 e. The zero-order valence-corrected chi connectivity index (χ0v) is 23.5. The summed E-state index contributed by atoms with van der Waals surface area (Å²) in [6.45, 7) is 2.50. The maximum absolute atomic E-state index is 16.8. The van der Waals surface area contributed by atoms with Crippen molar-refractivity contribution in [3.05, 3.63) is 48.0 Å². The van der Waals surface area contributed by atoms with Gasteiger partial charge in [0.05, 0.1) is 11.6 Å². The van der Waals surface area contributed by atoms with Crippen LogP contribution >= 0.6 is 0 Å². The van der Waals surface area contributed by atoms with Crippen LogP contribution in [0.3, 0.4) is 0 Å². The fraction of sp³-hybridized carbons (Fsp3) is 0.469. The molecule has 11 heteroatoms. The van der Waals surface area contributed by atoms with E-state index in [1.165, 1.54) is 6.07 Å². The Bertz CT molecular complexity index is 1780. The molecule has 7 heterocycles. The highest BCUT2D eigenvalue weighted by Gasteiger charge is 2.50. The van der Waals surface area contributed by atoms with E-state index in [4.69, 9.17) is 14.5 Å². The number of piperazine rings is 1. The smallest absolute Gasteiger partial charge is 0.319 e. The first-order valence-electron chi connectivity index (χ1n) is 15.2. The second-order valence-electron chi connectivity index (χ2n) is 12.7. The maximum Gasteiger partial charge on any atom is 0.319 e. The average Bonchev–Trinajstić information content (AvgIpc) is 3.64. The van der Waals surface area contributed by atoms with Crippen molar-refractivity contribution in [1.29, 1.82) is 0 Å². The summed E-state index contributed by atoms with van der Waals surface area (Å²) in [7, 11) is 0. The number of hydrogen-bond acceptors (Lipinski definition) is 8. The molecule has 0 saturated carbocycles. The fourth-order valence-electron chi connectivity index (χ4n) is 8.30. The molecule has 2 aromatic heterocycles. The van der Waals surface area contributed by atoms with Gasteiger partial charge in [-0.2, -0.15) is 9.97 Å². The molecule has 2 bridgehead atoms. The van der Waals surface area contributed by atoms with Crippen molar-refractivity contribution in [1.82, 2.24) is 25.2 Å². The van der Waals surface area contributed by atoms with Crippen LogP contribution in [0.15, 0.2) is 36.4 Å². The zero-order valence-electron chi connectivity index (χ0n) is 23.5. The Morgan fingerprint density at radius 3 is 2.84 bits per heavy atom. The summed E-state index contributed by atoms with van der Waals surface area (Å²) in [5.41, 5.74) is -0.0971. The van der Waals surface area contributed by atoms with Gasteiger partial charge in [0.25, 0.3) is 0 Å². The van der Waals surface area contributed by atoms with Gasteiger partial charge in [0.1, 0.15) is 47.6 Å². The van der Waals surface area contributed by atoms with E-state index in [0.717, 1.165) is 32.2 Å². The van der Waals surface area contributed by atoms with Gasteiger partial charge in [-0.25, -0.2) is 18.2 Å². The van der Waals surface area contributed by atoms with Crippen LogP contribution in [0, 0.1) is 11.6 Å². The molecule has 9 rings (SSSR count). The number of fused-ring (bicyclic) bond motifs is 7. The number of pyridine rings is 1. The van der Waals surface area contributed by atoms with E-state index < -0.39 is 23.3 Å². The SMILES string of the molecule is Fc1c(-c2cccc3cccc(F)c23)nc2c3c(nc(OC[C@@]45CCCN4C[C@H](F)C5)nc13)N1CC3CCC(N3)C1CO2. The van der Waals surface area contributed by atoms with Gasteiger partial charge in [-0.15, -0.1) is 0 Å². The quantitative estimate of drug-likeness (QED) is 0.365. The number of halogens is 3. The third kappa shape index (κ3) is 3.86. The first kappa shape index (κ1) is 25.8. The van der Waals surface area contributed by atoms with E-state index in [-0.39, 0.29) is 47.2 Å². The lowest BCUT2D eigenvalue weighted by molar-refractivity contribution is 0.107. The lowest BCUT2D eigenvalue weighted by Crippen LogP contribution is -2.60. The largest absolute Gasteiger partial charge is 0.475 e. The number of anilines is 1. The molecule has 4 fully saturated rings. The second kappa shape index (κ2) is 9.40. The molecule has 5 aliphatic rings. The molecule has 8 nitrogen and oxygen atoms in total. The number of rotatable bonds is 4. The van der Waals surface area contributed by atoms with Crippen LogP contribution in [0.25, 0.3) is 32.9 Å². The van der Waals surface area contributed by atoms with Gasteiger partial charge in [-0.05, 0) is 43.7 Å². The summed E-state index contributed by atoms with van der Waals surface area (Å²) >= 11 is 0. The summed E-state index contributed by atoms with van der Waals surface area (Å²) in [6.07, 6.45) is 3.39. The van der Waals surface area contributed by atoms with Gasteiger partial charge >= 0.3 is 6.01 Å². The molecule has 0 radical (unpaired) electrons. The number of aromatic nitrogens is 3. The van der Waals surface area contributed by atoms with Crippen molar-refractivity contribution >= 4 is 27.5 Å². The van der Waals surface area contributed by atoms with E-state index in [0.29, 0.717) is 54.3 Å². The molecule has 43 heavy (non-hydrogen) atoms. The monoisotopic (exact) mass is 588 g/mol. The Morgan fingerprint density at radius 1 is 1.05 bits per heavy atom. The van der Waals surface area contributed by atoms with Crippen molar-refractivity contribution in [2.75, 3.05) is 37.7 Å². The molecule has 0 aliphatic carbocycles. The highest BCUT2D eigenvalue weighted by Crippen LogP contribution is 2.45. The van der Waals surface area contributed by atoms with E-state index in [1.807, 2.05) is 0 Å². The number of nitrogens with one attached hydrogen (secondary N) is 1. The number of benzene rings is 2. The van der Waals surface area contributed by atoms with Crippen LogP contribution in [0.5, 0.6) is 11.9 Å². The molecule has 0 amide bonds. The van der Waals surface area contributed by atoms with Crippen molar-refractivity contribution in [3.63, 3.8) is 0 Å². The van der Waals surface area contributed by atoms with Crippen LogP contribution in [0.2, 0.25) is 0 Å². The minimum absolute atomic E-state index is 0.0236. The van der Waals surface area contributed by atoms with Crippen LogP contribution in [0.1, 0.15) is 32.1 Å². The molecule has 5 aliphatic heterocycles. The van der Waals surface area contributed by atoms with Crippen molar-refractivity contribution in [2.45, 2.75) is 61.9 Å². The molecule has 5 atom stereocenters. The van der Waals surface area contributed by atoms with E-state index in [9.17, 15) is 4.39 Å². The highest BCUT2D eigenvalue weighted by atomic mass is 19.1. The van der Waals surface area contributed by atoms with Gasteiger partial charge < -0.3 is 19.7 Å². The predicted molar refractivity (Wildman–Crippen MR) is 155 cm³/mol. The maximum atomic E-state index is 16.8. The van der Waals surface area contributed by atoms with E-state index >= 15 is 8.78 Å². The van der Waals surface area contributed by atoms with Gasteiger partial charge in [0.15, 0.2) is 5.82 Å². The Balaban J connectivity index is 1.22. The van der Waals surface area contributed by atoms with Gasteiger partial charge in [-0.3, -0.25) is 4.90 Å². The molecule has 3 unspecified atom stereocenters. The predicted octanol–water partition coefficient (Wildman–Crippen LogP) is 4.78. The van der Waals surface area contributed by atoms with Gasteiger partial charge in [-0.1, -0.05) is 30.3 Å². The number of alkyl halides is 1. The molecular formula is C32H31F3N6O2. The molecule has 1 N–H and O–H groups in total. The molecule has 2 aromatic carbocycles. The average molecular weight is 589 g/mol. The Hall–Kier alpha value is -3.70. The topological polar surface area (TPSA) is 75.6 Å². The second-order valence-corrected chi connectivity index (χ2v) is 12.7. The third-order valence-corrected chi connectivity index (χ3v) is 10.3. The molecular weight excluding hydrogens is 557 g/mol. The van der Waals surface area contributed by atoms with Crippen LogP contribution in [0.4, 0.5) is 19.0 Å². The van der Waals surface area contributed by atoms with Gasteiger partial charge in [0, 0.05) is 42.5 Å². The normalized spacial score (nSPS) is 29.5. The molecule has 4 saturated heterocycles. The summed E-state index contributed by atoms with van der Waals surface area (Å²) in [5, 5.41) is 5.00. The fourth-order valence-corrected chi connectivity index (χ4v) is 8.30.